The standard InChI is InChI=1S/C14H20ClN/c1-14(2,10-16-13-7-4-8-13)11-5-3-6-12(15)9-11/h3,5-6,9,13,16H,4,7-8,10H2,1-2H3. The van der Waals surface area contributed by atoms with Gasteiger partial charge in [-0.05, 0) is 30.5 Å². The molecule has 0 saturated heterocycles. The predicted molar refractivity (Wildman–Crippen MR) is 70.1 cm³/mol. The molecule has 1 saturated carbocycles. The zero-order valence-electron chi connectivity index (χ0n) is 10.1. The van der Waals surface area contributed by atoms with Crippen LogP contribution >= 0.6 is 11.6 Å². The molecule has 1 aliphatic carbocycles. The van der Waals surface area contributed by atoms with E-state index in [0.29, 0.717) is 0 Å². The van der Waals surface area contributed by atoms with Crippen LogP contribution in [0.1, 0.15) is 38.7 Å². The molecule has 1 N–H and O–H groups in total. The molecule has 0 bridgehead atoms. The van der Waals surface area contributed by atoms with E-state index in [1.807, 2.05) is 12.1 Å². The number of nitrogens with one attached hydrogen (secondary N) is 1. The van der Waals surface area contributed by atoms with Gasteiger partial charge in [0.05, 0.1) is 0 Å². The molecule has 1 fully saturated rings. The first-order valence-electron chi connectivity index (χ1n) is 6.07. The lowest BCUT2D eigenvalue weighted by atomic mass is 9.83. The van der Waals surface area contributed by atoms with E-state index in [0.717, 1.165) is 17.6 Å². The highest BCUT2D eigenvalue weighted by atomic mass is 35.5. The molecule has 16 heavy (non-hydrogen) atoms. The third kappa shape index (κ3) is 2.78. The molecule has 0 heterocycles. The minimum absolute atomic E-state index is 0.153. The van der Waals surface area contributed by atoms with Gasteiger partial charge in [0.25, 0.3) is 0 Å². The Hall–Kier alpha value is -0.530. The molecule has 1 aromatic carbocycles. The fourth-order valence-corrected chi connectivity index (χ4v) is 2.21. The van der Waals surface area contributed by atoms with Crippen LogP contribution in [0.15, 0.2) is 24.3 Å². The molecule has 0 spiro atoms. The molecule has 0 atom stereocenters. The van der Waals surface area contributed by atoms with Gasteiger partial charge in [-0.25, -0.2) is 0 Å². The largest absolute Gasteiger partial charge is 0.313 e. The highest BCUT2D eigenvalue weighted by molar-refractivity contribution is 6.30. The van der Waals surface area contributed by atoms with E-state index in [-0.39, 0.29) is 5.41 Å². The Morgan fingerprint density at radius 3 is 2.69 bits per heavy atom. The summed E-state index contributed by atoms with van der Waals surface area (Å²) in [6.07, 6.45) is 4.06. The van der Waals surface area contributed by atoms with Crippen molar-refractivity contribution in [2.75, 3.05) is 6.54 Å². The average Bonchev–Trinajstić information content (AvgIpc) is 2.15. The van der Waals surface area contributed by atoms with E-state index in [1.54, 1.807) is 0 Å². The average molecular weight is 238 g/mol. The first-order chi connectivity index (χ1) is 7.58. The van der Waals surface area contributed by atoms with Crippen LogP contribution in [-0.4, -0.2) is 12.6 Å². The van der Waals surface area contributed by atoms with Crippen molar-refractivity contribution in [3.63, 3.8) is 0 Å². The Labute approximate surface area is 103 Å². The maximum absolute atomic E-state index is 6.03. The van der Waals surface area contributed by atoms with Crippen LogP contribution < -0.4 is 5.32 Å². The summed E-state index contributed by atoms with van der Waals surface area (Å²) in [6, 6.07) is 8.94. The molecule has 0 radical (unpaired) electrons. The third-order valence-corrected chi connectivity index (χ3v) is 3.78. The SMILES string of the molecule is CC(C)(CNC1CCC1)c1cccc(Cl)c1. The van der Waals surface area contributed by atoms with Gasteiger partial charge in [0.1, 0.15) is 0 Å². The molecule has 88 valence electrons. The Bertz CT molecular complexity index is 356. The lowest BCUT2D eigenvalue weighted by molar-refractivity contribution is 0.311. The fourth-order valence-electron chi connectivity index (χ4n) is 2.02. The van der Waals surface area contributed by atoms with Crippen molar-refractivity contribution in [3.05, 3.63) is 34.9 Å². The zero-order valence-corrected chi connectivity index (χ0v) is 10.8. The van der Waals surface area contributed by atoms with Crippen molar-refractivity contribution in [3.8, 4) is 0 Å². The summed E-state index contributed by atoms with van der Waals surface area (Å²) >= 11 is 6.03. The summed E-state index contributed by atoms with van der Waals surface area (Å²) in [4.78, 5) is 0. The topological polar surface area (TPSA) is 12.0 Å². The van der Waals surface area contributed by atoms with E-state index >= 15 is 0 Å². The lowest BCUT2D eigenvalue weighted by Gasteiger charge is -2.32. The second-order valence-electron chi connectivity index (χ2n) is 5.40. The second kappa shape index (κ2) is 4.77. The molecular weight excluding hydrogens is 218 g/mol. The summed E-state index contributed by atoms with van der Waals surface area (Å²) < 4.78 is 0. The Morgan fingerprint density at radius 2 is 2.12 bits per heavy atom. The minimum Gasteiger partial charge on any atom is -0.313 e. The third-order valence-electron chi connectivity index (χ3n) is 3.54. The Balaban J connectivity index is 1.99. The molecule has 0 unspecified atom stereocenters. The summed E-state index contributed by atoms with van der Waals surface area (Å²) in [7, 11) is 0. The minimum atomic E-state index is 0.153. The smallest absolute Gasteiger partial charge is 0.0408 e. The van der Waals surface area contributed by atoms with Crippen LogP contribution in [0.3, 0.4) is 0 Å². The number of rotatable bonds is 4. The number of hydrogen-bond acceptors (Lipinski definition) is 1. The molecule has 1 nitrogen and oxygen atoms in total. The lowest BCUT2D eigenvalue weighted by Crippen LogP contribution is -2.42. The van der Waals surface area contributed by atoms with Gasteiger partial charge in [-0.2, -0.15) is 0 Å². The van der Waals surface area contributed by atoms with E-state index < -0.39 is 0 Å². The highest BCUT2D eigenvalue weighted by Crippen LogP contribution is 2.26. The number of hydrogen-bond donors (Lipinski definition) is 1. The summed E-state index contributed by atoms with van der Waals surface area (Å²) in [5.41, 5.74) is 1.47. The Morgan fingerprint density at radius 1 is 1.38 bits per heavy atom. The van der Waals surface area contributed by atoms with Crippen molar-refractivity contribution in [2.45, 2.75) is 44.6 Å². The van der Waals surface area contributed by atoms with Gasteiger partial charge in [0.2, 0.25) is 0 Å². The molecule has 2 rings (SSSR count). The van der Waals surface area contributed by atoms with Gasteiger partial charge < -0.3 is 5.32 Å². The van der Waals surface area contributed by atoms with Crippen molar-refractivity contribution in [1.29, 1.82) is 0 Å². The molecule has 1 aliphatic rings. The molecule has 0 aliphatic heterocycles. The van der Waals surface area contributed by atoms with E-state index in [2.05, 4.69) is 31.3 Å². The first-order valence-corrected chi connectivity index (χ1v) is 6.45. The van der Waals surface area contributed by atoms with Gasteiger partial charge in [-0.1, -0.05) is 44.0 Å². The van der Waals surface area contributed by atoms with Gasteiger partial charge >= 0.3 is 0 Å². The van der Waals surface area contributed by atoms with E-state index in [9.17, 15) is 0 Å². The molecular formula is C14H20ClN. The van der Waals surface area contributed by atoms with Gasteiger partial charge in [-0.15, -0.1) is 0 Å². The Kier molecular flexibility index (Phi) is 3.56. The van der Waals surface area contributed by atoms with Crippen LogP contribution in [0.2, 0.25) is 5.02 Å². The molecule has 0 aromatic heterocycles. The normalized spacial score (nSPS) is 17.2. The summed E-state index contributed by atoms with van der Waals surface area (Å²) in [5.74, 6) is 0. The zero-order chi connectivity index (χ0) is 11.6. The highest BCUT2D eigenvalue weighted by Gasteiger charge is 2.24. The van der Waals surface area contributed by atoms with Crippen LogP contribution in [0.4, 0.5) is 0 Å². The van der Waals surface area contributed by atoms with Crippen molar-refractivity contribution in [2.24, 2.45) is 0 Å². The fraction of sp³-hybridized carbons (Fsp3) is 0.571. The number of benzene rings is 1. The maximum atomic E-state index is 6.03. The van der Waals surface area contributed by atoms with Crippen LogP contribution in [-0.2, 0) is 5.41 Å². The second-order valence-corrected chi connectivity index (χ2v) is 5.84. The maximum Gasteiger partial charge on any atom is 0.0408 e. The van der Waals surface area contributed by atoms with Gasteiger partial charge in [0, 0.05) is 23.0 Å². The predicted octanol–water partition coefficient (Wildman–Crippen LogP) is 3.76. The van der Waals surface area contributed by atoms with Crippen LogP contribution in [0.5, 0.6) is 0 Å². The molecule has 0 amide bonds. The summed E-state index contributed by atoms with van der Waals surface area (Å²) in [6.45, 7) is 5.56. The number of halogens is 1. The molecule has 2 heteroatoms. The van der Waals surface area contributed by atoms with Crippen LogP contribution in [0, 0.1) is 0 Å². The van der Waals surface area contributed by atoms with Crippen molar-refractivity contribution >= 4 is 11.6 Å². The van der Waals surface area contributed by atoms with Gasteiger partial charge in [0.15, 0.2) is 0 Å². The van der Waals surface area contributed by atoms with Crippen molar-refractivity contribution in [1.82, 2.24) is 5.32 Å². The summed E-state index contributed by atoms with van der Waals surface area (Å²) in [5, 5.41) is 4.46. The molecule has 1 aromatic rings. The quantitative estimate of drug-likeness (QED) is 0.841. The van der Waals surface area contributed by atoms with Gasteiger partial charge in [-0.3, -0.25) is 0 Å². The monoisotopic (exact) mass is 237 g/mol. The van der Waals surface area contributed by atoms with Crippen molar-refractivity contribution < 1.29 is 0 Å². The van der Waals surface area contributed by atoms with E-state index in [4.69, 9.17) is 11.6 Å². The van der Waals surface area contributed by atoms with Crippen LogP contribution in [0.25, 0.3) is 0 Å². The first kappa shape index (κ1) is 11.9. The van der Waals surface area contributed by atoms with E-state index in [1.165, 1.54) is 24.8 Å².